The lowest BCUT2D eigenvalue weighted by molar-refractivity contribution is 0.0950. The van der Waals surface area contributed by atoms with Crippen molar-refractivity contribution in [3.63, 3.8) is 0 Å². The predicted octanol–water partition coefficient (Wildman–Crippen LogP) is 3.60. The van der Waals surface area contributed by atoms with Crippen LogP contribution in [0.3, 0.4) is 0 Å². The third kappa shape index (κ3) is 4.85. The lowest BCUT2D eigenvalue weighted by Gasteiger charge is -2.10. The lowest BCUT2D eigenvalue weighted by atomic mass is 10.2. The van der Waals surface area contributed by atoms with Gasteiger partial charge in [-0.1, -0.05) is 23.7 Å². The number of carbonyl (C=O) groups is 1. The van der Waals surface area contributed by atoms with Crippen molar-refractivity contribution in [1.82, 2.24) is 10.3 Å². The Morgan fingerprint density at radius 2 is 1.89 bits per heavy atom. The van der Waals surface area contributed by atoms with E-state index in [0.29, 0.717) is 5.69 Å². The van der Waals surface area contributed by atoms with Crippen LogP contribution in [0.1, 0.15) is 16.1 Å². The molecule has 0 aliphatic rings. The largest absolute Gasteiger partial charge is 0.346 e. The van der Waals surface area contributed by atoms with Crippen LogP contribution < -0.4 is 10.0 Å². The van der Waals surface area contributed by atoms with Crippen molar-refractivity contribution in [1.29, 1.82) is 0 Å². The Morgan fingerprint density at radius 1 is 1.07 bits per heavy atom. The standard InChI is InChI=1S/C19H15ClFN3O3S/c20-17-11-16(7-8-18(17)21)28(26,27)24-14-6-3-4-13(10-14)19(25)23-12-15-5-1-2-9-22-15/h1-11,24H,12H2,(H,23,25). The van der Waals surface area contributed by atoms with Gasteiger partial charge in [-0.3, -0.25) is 14.5 Å². The van der Waals surface area contributed by atoms with Gasteiger partial charge in [-0.25, -0.2) is 12.8 Å². The molecule has 0 atom stereocenters. The van der Waals surface area contributed by atoms with E-state index in [0.717, 1.165) is 18.2 Å². The van der Waals surface area contributed by atoms with Gasteiger partial charge in [-0.15, -0.1) is 0 Å². The van der Waals surface area contributed by atoms with Gasteiger partial charge in [0.2, 0.25) is 0 Å². The normalized spacial score (nSPS) is 11.1. The molecule has 0 aliphatic carbocycles. The monoisotopic (exact) mass is 419 g/mol. The van der Waals surface area contributed by atoms with Crippen LogP contribution in [0.15, 0.2) is 71.8 Å². The van der Waals surface area contributed by atoms with E-state index < -0.39 is 15.8 Å². The fourth-order valence-corrected chi connectivity index (χ4v) is 3.68. The summed E-state index contributed by atoms with van der Waals surface area (Å²) in [4.78, 5) is 16.2. The summed E-state index contributed by atoms with van der Waals surface area (Å²) in [6.45, 7) is 0.240. The molecule has 0 fully saturated rings. The van der Waals surface area contributed by atoms with Gasteiger partial charge in [0.1, 0.15) is 5.82 Å². The molecule has 3 rings (SSSR count). The van der Waals surface area contributed by atoms with Crippen molar-refractivity contribution in [2.75, 3.05) is 4.72 Å². The first-order valence-electron chi connectivity index (χ1n) is 8.11. The molecule has 28 heavy (non-hydrogen) atoms. The lowest BCUT2D eigenvalue weighted by Crippen LogP contribution is -2.23. The number of pyridine rings is 1. The maximum absolute atomic E-state index is 13.3. The number of carbonyl (C=O) groups excluding carboxylic acids is 1. The summed E-state index contributed by atoms with van der Waals surface area (Å²) in [6.07, 6.45) is 1.62. The van der Waals surface area contributed by atoms with Crippen molar-refractivity contribution in [2.24, 2.45) is 0 Å². The zero-order valence-electron chi connectivity index (χ0n) is 14.4. The van der Waals surface area contributed by atoms with Gasteiger partial charge in [0.05, 0.1) is 22.2 Å². The fourth-order valence-electron chi connectivity index (χ4n) is 2.36. The zero-order valence-corrected chi connectivity index (χ0v) is 16.0. The third-order valence-corrected chi connectivity index (χ3v) is 5.40. The Morgan fingerprint density at radius 3 is 2.61 bits per heavy atom. The highest BCUT2D eigenvalue weighted by Gasteiger charge is 2.17. The van der Waals surface area contributed by atoms with Crippen LogP contribution >= 0.6 is 11.6 Å². The van der Waals surface area contributed by atoms with E-state index in [1.807, 2.05) is 6.07 Å². The summed E-state index contributed by atoms with van der Waals surface area (Å²) in [5, 5.41) is 2.41. The maximum Gasteiger partial charge on any atom is 0.261 e. The van der Waals surface area contributed by atoms with Crippen molar-refractivity contribution >= 4 is 33.2 Å². The number of nitrogens with zero attached hydrogens (tertiary/aromatic N) is 1. The Bertz CT molecular complexity index is 1110. The molecule has 0 spiro atoms. The third-order valence-electron chi connectivity index (χ3n) is 3.73. The molecule has 1 amide bonds. The molecule has 2 aromatic carbocycles. The van der Waals surface area contributed by atoms with Gasteiger partial charge in [0.15, 0.2) is 0 Å². The molecule has 3 aromatic rings. The van der Waals surface area contributed by atoms with Gasteiger partial charge in [-0.05, 0) is 48.5 Å². The molecule has 0 radical (unpaired) electrons. The molecule has 0 bridgehead atoms. The summed E-state index contributed by atoms with van der Waals surface area (Å²) in [5.74, 6) is -1.09. The highest BCUT2D eigenvalue weighted by atomic mass is 35.5. The summed E-state index contributed by atoms with van der Waals surface area (Å²) >= 11 is 5.65. The van der Waals surface area contributed by atoms with Gasteiger partial charge >= 0.3 is 0 Å². The second-order valence-corrected chi connectivity index (χ2v) is 7.86. The van der Waals surface area contributed by atoms with Crippen LogP contribution in [0.25, 0.3) is 0 Å². The quantitative estimate of drug-likeness (QED) is 0.639. The highest BCUT2D eigenvalue weighted by molar-refractivity contribution is 7.92. The van der Waals surface area contributed by atoms with E-state index in [9.17, 15) is 17.6 Å². The van der Waals surface area contributed by atoms with Crippen LogP contribution in [-0.2, 0) is 16.6 Å². The number of sulfonamides is 1. The molecule has 2 N–H and O–H groups in total. The van der Waals surface area contributed by atoms with Crippen molar-refractivity contribution in [2.45, 2.75) is 11.4 Å². The molecule has 0 aliphatic heterocycles. The Balaban J connectivity index is 1.73. The topological polar surface area (TPSA) is 88.2 Å². The molecule has 1 heterocycles. The predicted molar refractivity (Wildman–Crippen MR) is 104 cm³/mol. The number of hydrogen-bond donors (Lipinski definition) is 2. The van der Waals surface area contributed by atoms with Crippen LogP contribution in [-0.4, -0.2) is 19.3 Å². The van der Waals surface area contributed by atoms with E-state index in [-0.39, 0.29) is 33.6 Å². The Labute approximate surface area is 166 Å². The summed E-state index contributed by atoms with van der Waals surface area (Å²) in [5.41, 5.74) is 1.15. The number of halogens is 2. The van der Waals surface area contributed by atoms with E-state index in [2.05, 4.69) is 15.0 Å². The molecular formula is C19H15ClFN3O3S. The van der Waals surface area contributed by atoms with E-state index in [1.165, 1.54) is 12.1 Å². The highest BCUT2D eigenvalue weighted by Crippen LogP contribution is 2.22. The van der Waals surface area contributed by atoms with Crippen LogP contribution in [0.4, 0.5) is 10.1 Å². The van der Waals surface area contributed by atoms with E-state index in [4.69, 9.17) is 11.6 Å². The minimum atomic E-state index is -3.99. The van der Waals surface area contributed by atoms with Crippen molar-refractivity contribution in [3.8, 4) is 0 Å². The SMILES string of the molecule is O=C(NCc1ccccn1)c1cccc(NS(=O)(=O)c2ccc(F)c(Cl)c2)c1. The first-order valence-corrected chi connectivity index (χ1v) is 9.97. The Kier molecular flexibility index (Phi) is 5.91. The molecular weight excluding hydrogens is 405 g/mol. The number of nitrogens with one attached hydrogen (secondary N) is 2. The molecule has 144 valence electrons. The van der Waals surface area contributed by atoms with E-state index in [1.54, 1.807) is 30.5 Å². The average molecular weight is 420 g/mol. The smallest absolute Gasteiger partial charge is 0.261 e. The van der Waals surface area contributed by atoms with Gasteiger partial charge in [-0.2, -0.15) is 0 Å². The number of amides is 1. The average Bonchev–Trinajstić information content (AvgIpc) is 2.69. The second kappa shape index (κ2) is 8.37. The molecule has 0 saturated carbocycles. The second-order valence-electron chi connectivity index (χ2n) is 5.77. The number of rotatable bonds is 6. The van der Waals surface area contributed by atoms with Crippen molar-refractivity contribution in [3.05, 3.63) is 89.0 Å². The van der Waals surface area contributed by atoms with Gasteiger partial charge < -0.3 is 5.32 Å². The van der Waals surface area contributed by atoms with Gasteiger partial charge in [0, 0.05) is 17.4 Å². The summed E-state index contributed by atoms with van der Waals surface area (Å²) in [7, 11) is -3.99. The minimum Gasteiger partial charge on any atom is -0.346 e. The number of hydrogen-bond acceptors (Lipinski definition) is 4. The molecule has 9 heteroatoms. The Hall–Kier alpha value is -2.97. The number of benzene rings is 2. The number of anilines is 1. The molecule has 6 nitrogen and oxygen atoms in total. The van der Waals surface area contributed by atoms with Gasteiger partial charge in [0.25, 0.3) is 15.9 Å². The molecule has 0 unspecified atom stereocenters. The molecule has 1 aromatic heterocycles. The first kappa shape index (κ1) is 19.8. The van der Waals surface area contributed by atoms with E-state index >= 15 is 0 Å². The minimum absolute atomic E-state index is 0.186. The maximum atomic E-state index is 13.3. The summed E-state index contributed by atoms with van der Waals surface area (Å²) < 4.78 is 40.5. The fraction of sp³-hybridized carbons (Fsp3) is 0.0526. The first-order chi connectivity index (χ1) is 13.3. The molecule has 0 saturated heterocycles. The van der Waals surface area contributed by atoms with Crippen LogP contribution in [0, 0.1) is 5.82 Å². The van der Waals surface area contributed by atoms with Crippen LogP contribution in [0.5, 0.6) is 0 Å². The summed E-state index contributed by atoms with van der Waals surface area (Å²) in [6, 6.07) is 14.5. The zero-order chi connectivity index (χ0) is 20.1. The van der Waals surface area contributed by atoms with Crippen LogP contribution in [0.2, 0.25) is 5.02 Å². The number of aromatic nitrogens is 1. The van der Waals surface area contributed by atoms with Crippen molar-refractivity contribution < 1.29 is 17.6 Å².